The largest absolute Gasteiger partial charge is 0.300 e. The lowest BCUT2D eigenvalue weighted by atomic mass is 9.60. The van der Waals surface area contributed by atoms with Crippen LogP contribution in [0, 0.1) is 17.3 Å². The summed E-state index contributed by atoms with van der Waals surface area (Å²) in [6.45, 7) is 8.41. The molecule has 1 aliphatic rings. The standard InChI is InChI=1S/C10H18O/c1-7(11)8-5-6-9(8)10(2,3)4/h8-9H,5-6H2,1-4H3. The van der Waals surface area contributed by atoms with E-state index in [1.54, 1.807) is 6.92 Å². The van der Waals surface area contributed by atoms with Gasteiger partial charge in [0.2, 0.25) is 0 Å². The number of Topliss-reactive ketones (excluding diaryl/α,β-unsaturated/α-hetero) is 1. The van der Waals surface area contributed by atoms with Gasteiger partial charge in [-0.05, 0) is 31.1 Å². The van der Waals surface area contributed by atoms with Gasteiger partial charge in [-0.2, -0.15) is 0 Å². The van der Waals surface area contributed by atoms with Crippen molar-refractivity contribution in [3.8, 4) is 0 Å². The Kier molecular flexibility index (Phi) is 2.08. The summed E-state index contributed by atoms with van der Waals surface area (Å²) >= 11 is 0. The van der Waals surface area contributed by atoms with Gasteiger partial charge in [0.25, 0.3) is 0 Å². The maximum atomic E-state index is 11.1. The van der Waals surface area contributed by atoms with E-state index in [1.807, 2.05) is 0 Å². The molecule has 0 spiro atoms. The van der Waals surface area contributed by atoms with Crippen LogP contribution in [0.2, 0.25) is 0 Å². The normalized spacial score (nSPS) is 31.3. The maximum Gasteiger partial charge on any atom is 0.133 e. The van der Waals surface area contributed by atoms with Gasteiger partial charge in [-0.1, -0.05) is 20.8 Å². The van der Waals surface area contributed by atoms with Crippen molar-refractivity contribution < 1.29 is 4.79 Å². The van der Waals surface area contributed by atoms with Crippen molar-refractivity contribution in [2.45, 2.75) is 40.5 Å². The number of ketones is 1. The quantitative estimate of drug-likeness (QED) is 0.567. The van der Waals surface area contributed by atoms with Crippen molar-refractivity contribution in [3.63, 3.8) is 0 Å². The first-order valence-corrected chi connectivity index (χ1v) is 4.43. The van der Waals surface area contributed by atoms with Crippen LogP contribution in [0.15, 0.2) is 0 Å². The molecule has 0 aromatic carbocycles. The van der Waals surface area contributed by atoms with E-state index in [4.69, 9.17) is 0 Å². The second-order valence-electron chi connectivity index (χ2n) is 4.77. The van der Waals surface area contributed by atoms with Gasteiger partial charge in [0, 0.05) is 5.92 Å². The highest BCUT2D eigenvalue weighted by atomic mass is 16.1. The van der Waals surface area contributed by atoms with E-state index in [2.05, 4.69) is 20.8 Å². The molecule has 0 heterocycles. The van der Waals surface area contributed by atoms with E-state index in [1.165, 1.54) is 6.42 Å². The van der Waals surface area contributed by atoms with E-state index < -0.39 is 0 Å². The fourth-order valence-corrected chi connectivity index (χ4v) is 2.02. The number of carbonyl (C=O) groups excluding carboxylic acids is 1. The Morgan fingerprint density at radius 1 is 1.27 bits per heavy atom. The summed E-state index contributed by atoms with van der Waals surface area (Å²) < 4.78 is 0. The average Bonchev–Trinajstić information content (AvgIpc) is 1.51. The predicted molar refractivity (Wildman–Crippen MR) is 46.4 cm³/mol. The summed E-state index contributed by atoms with van der Waals surface area (Å²) in [5.41, 5.74) is 0.328. The molecule has 1 nitrogen and oxygen atoms in total. The second-order valence-corrected chi connectivity index (χ2v) is 4.77. The smallest absolute Gasteiger partial charge is 0.133 e. The highest BCUT2D eigenvalue weighted by Crippen LogP contribution is 2.46. The Morgan fingerprint density at radius 2 is 1.82 bits per heavy atom. The average molecular weight is 154 g/mol. The van der Waals surface area contributed by atoms with Gasteiger partial charge in [0.15, 0.2) is 0 Å². The van der Waals surface area contributed by atoms with Crippen LogP contribution in [0.3, 0.4) is 0 Å². The molecule has 0 aliphatic heterocycles. The minimum atomic E-state index is 0.328. The van der Waals surface area contributed by atoms with Crippen molar-refractivity contribution in [2.24, 2.45) is 17.3 Å². The number of hydrogen-bond donors (Lipinski definition) is 0. The first-order valence-electron chi connectivity index (χ1n) is 4.43. The monoisotopic (exact) mass is 154 g/mol. The lowest BCUT2D eigenvalue weighted by molar-refractivity contribution is -0.128. The molecule has 1 aliphatic carbocycles. The van der Waals surface area contributed by atoms with Crippen molar-refractivity contribution in [2.75, 3.05) is 0 Å². The minimum absolute atomic E-state index is 0.328. The SMILES string of the molecule is CC(=O)C1CCC1C(C)(C)C. The first-order chi connectivity index (χ1) is 4.93. The van der Waals surface area contributed by atoms with Gasteiger partial charge in [-0.3, -0.25) is 4.79 Å². The Bertz CT molecular complexity index is 164. The summed E-state index contributed by atoms with van der Waals surface area (Å²) in [5.74, 6) is 1.39. The van der Waals surface area contributed by atoms with Crippen LogP contribution >= 0.6 is 0 Å². The van der Waals surface area contributed by atoms with Gasteiger partial charge in [0.1, 0.15) is 5.78 Å². The fraction of sp³-hybridized carbons (Fsp3) is 0.900. The Hall–Kier alpha value is -0.330. The molecule has 0 aromatic heterocycles. The molecule has 0 saturated heterocycles. The molecule has 2 atom stereocenters. The number of rotatable bonds is 1. The lowest BCUT2D eigenvalue weighted by Crippen LogP contribution is -2.39. The minimum Gasteiger partial charge on any atom is -0.300 e. The fourth-order valence-electron chi connectivity index (χ4n) is 2.02. The van der Waals surface area contributed by atoms with E-state index >= 15 is 0 Å². The predicted octanol–water partition coefficient (Wildman–Crippen LogP) is 2.65. The van der Waals surface area contributed by atoms with Crippen molar-refractivity contribution >= 4 is 5.78 Å². The summed E-state index contributed by atoms with van der Waals surface area (Å²) in [6.07, 6.45) is 2.37. The van der Waals surface area contributed by atoms with Gasteiger partial charge in [-0.25, -0.2) is 0 Å². The van der Waals surface area contributed by atoms with Crippen LogP contribution in [0.5, 0.6) is 0 Å². The molecular weight excluding hydrogens is 136 g/mol. The number of hydrogen-bond acceptors (Lipinski definition) is 1. The highest BCUT2D eigenvalue weighted by Gasteiger charge is 2.41. The van der Waals surface area contributed by atoms with Gasteiger partial charge in [-0.15, -0.1) is 0 Å². The highest BCUT2D eigenvalue weighted by molar-refractivity contribution is 5.79. The Morgan fingerprint density at radius 3 is 1.91 bits per heavy atom. The molecular formula is C10H18O. The van der Waals surface area contributed by atoms with Gasteiger partial charge >= 0.3 is 0 Å². The molecule has 0 radical (unpaired) electrons. The number of carbonyl (C=O) groups is 1. The zero-order valence-corrected chi connectivity index (χ0v) is 7.98. The zero-order chi connectivity index (χ0) is 8.65. The molecule has 2 unspecified atom stereocenters. The Labute approximate surface area is 69.2 Å². The molecule has 1 rings (SSSR count). The summed E-state index contributed by atoms with van der Waals surface area (Å²) in [7, 11) is 0. The third-order valence-electron chi connectivity index (χ3n) is 2.91. The van der Waals surface area contributed by atoms with Crippen LogP contribution in [-0.4, -0.2) is 5.78 Å². The van der Waals surface area contributed by atoms with Crippen molar-refractivity contribution in [1.82, 2.24) is 0 Å². The Balaban J connectivity index is 2.57. The molecule has 64 valence electrons. The summed E-state index contributed by atoms with van der Waals surface area (Å²) in [5, 5.41) is 0. The van der Waals surface area contributed by atoms with Crippen LogP contribution < -0.4 is 0 Å². The molecule has 0 amide bonds. The van der Waals surface area contributed by atoms with Gasteiger partial charge < -0.3 is 0 Å². The van der Waals surface area contributed by atoms with Crippen LogP contribution in [0.25, 0.3) is 0 Å². The van der Waals surface area contributed by atoms with Crippen LogP contribution in [0.1, 0.15) is 40.5 Å². The van der Waals surface area contributed by atoms with E-state index in [9.17, 15) is 4.79 Å². The molecule has 1 heteroatoms. The third-order valence-corrected chi connectivity index (χ3v) is 2.91. The molecule has 0 N–H and O–H groups in total. The van der Waals surface area contributed by atoms with Crippen molar-refractivity contribution in [3.05, 3.63) is 0 Å². The topological polar surface area (TPSA) is 17.1 Å². The zero-order valence-electron chi connectivity index (χ0n) is 7.98. The van der Waals surface area contributed by atoms with Crippen molar-refractivity contribution in [1.29, 1.82) is 0 Å². The first kappa shape index (κ1) is 8.76. The van der Waals surface area contributed by atoms with E-state index in [0.717, 1.165) is 6.42 Å². The molecule has 11 heavy (non-hydrogen) atoms. The molecule has 1 fully saturated rings. The second kappa shape index (κ2) is 2.62. The molecule has 0 bridgehead atoms. The van der Waals surface area contributed by atoms with Crippen LogP contribution in [-0.2, 0) is 4.79 Å². The third kappa shape index (κ3) is 1.63. The summed E-state index contributed by atoms with van der Waals surface area (Å²) in [4.78, 5) is 11.1. The summed E-state index contributed by atoms with van der Waals surface area (Å²) in [6, 6.07) is 0. The van der Waals surface area contributed by atoms with Gasteiger partial charge in [0.05, 0.1) is 0 Å². The van der Waals surface area contributed by atoms with E-state index in [-0.39, 0.29) is 0 Å². The maximum absolute atomic E-state index is 11.1. The van der Waals surface area contributed by atoms with Crippen LogP contribution in [0.4, 0.5) is 0 Å². The molecule has 0 aromatic rings. The van der Waals surface area contributed by atoms with E-state index in [0.29, 0.717) is 23.0 Å². The lowest BCUT2D eigenvalue weighted by Gasteiger charge is -2.44. The molecule has 1 saturated carbocycles.